The Hall–Kier alpha value is -5.24. The van der Waals surface area contributed by atoms with Crippen molar-refractivity contribution >= 4 is 43.1 Å². The first-order valence-electron chi connectivity index (χ1n) is 13.8. The lowest BCUT2D eigenvalue weighted by Crippen LogP contribution is -1.83. The van der Waals surface area contributed by atoms with E-state index in [1.807, 2.05) is 0 Å². The average molecular weight is 527 g/mol. The summed E-state index contributed by atoms with van der Waals surface area (Å²) in [5.41, 5.74) is 5.22. The fourth-order valence-electron chi connectivity index (χ4n) is 5.84. The van der Waals surface area contributed by atoms with Gasteiger partial charge in [0.2, 0.25) is 0 Å². The number of hydrogen-bond donors (Lipinski definition) is 0. The van der Waals surface area contributed by atoms with E-state index in [-0.39, 0.29) is 5.48 Å². The molecule has 1 heteroatoms. The first kappa shape index (κ1) is 26.0. The van der Waals surface area contributed by atoms with E-state index in [2.05, 4.69) is 170 Å². The highest BCUT2D eigenvalue weighted by Gasteiger charge is 2.08. The topological polar surface area (TPSA) is 31.5 Å². The second-order valence-corrected chi connectivity index (χ2v) is 10.1. The van der Waals surface area contributed by atoms with Crippen LogP contribution in [-0.2, 0) is 0 Å². The molecule has 0 saturated heterocycles. The summed E-state index contributed by atoms with van der Waals surface area (Å²) in [6.45, 7) is 0. The highest BCUT2D eigenvalue weighted by atomic mass is 16.0. The van der Waals surface area contributed by atoms with E-state index < -0.39 is 0 Å². The molecule has 196 valence electrons. The van der Waals surface area contributed by atoms with Gasteiger partial charge < -0.3 is 5.48 Å². The summed E-state index contributed by atoms with van der Waals surface area (Å²) in [7, 11) is 0. The maximum absolute atomic E-state index is 2.21. The van der Waals surface area contributed by atoms with Crippen LogP contribution in [0.2, 0.25) is 0 Å². The fourth-order valence-corrected chi connectivity index (χ4v) is 5.84. The molecule has 0 heterocycles. The molecule has 0 radical (unpaired) electrons. The Morgan fingerprint density at radius 2 is 0.390 bits per heavy atom. The maximum atomic E-state index is 2.21. The molecule has 0 bridgehead atoms. The number of hydrogen-bond acceptors (Lipinski definition) is 0. The van der Waals surface area contributed by atoms with Crippen LogP contribution in [0.15, 0.2) is 170 Å². The highest BCUT2D eigenvalue weighted by Crippen LogP contribution is 2.35. The molecule has 8 aromatic carbocycles. The van der Waals surface area contributed by atoms with Gasteiger partial charge in [-0.2, -0.15) is 0 Å². The number of fused-ring (bicyclic) bond motifs is 4. The highest BCUT2D eigenvalue weighted by molar-refractivity contribution is 6.06. The van der Waals surface area contributed by atoms with Gasteiger partial charge in [-0.3, -0.25) is 0 Å². The molecule has 1 nitrogen and oxygen atoms in total. The van der Waals surface area contributed by atoms with E-state index in [9.17, 15) is 0 Å². The lowest BCUT2D eigenvalue weighted by Gasteiger charge is -2.10. The minimum atomic E-state index is 0. The molecule has 0 atom stereocenters. The van der Waals surface area contributed by atoms with E-state index >= 15 is 0 Å². The SMILES string of the molecule is O.c1ccc2c(-c3cccc4ccccc34)cccc2c1.c1ccc2c(-c3cccc4ccccc34)cccc2c1. The van der Waals surface area contributed by atoms with Crippen LogP contribution in [0.4, 0.5) is 0 Å². The van der Waals surface area contributed by atoms with Crippen molar-refractivity contribution in [3.05, 3.63) is 170 Å². The van der Waals surface area contributed by atoms with E-state index in [1.54, 1.807) is 0 Å². The van der Waals surface area contributed by atoms with Gasteiger partial charge in [-0.25, -0.2) is 0 Å². The smallest absolute Gasteiger partial charge is 0.00992 e. The summed E-state index contributed by atoms with van der Waals surface area (Å²) in [4.78, 5) is 0. The normalized spacial score (nSPS) is 10.7. The largest absolute Gasteiger partial charge is 0.412 e. The van der Waals surface area contributed by atoms with E-state index in [1.165, 1.54) is 65.3 Å². The summed E-state index contributed by atoms with van der Waals surface area (Å²) in [5, 5.41) is 10.4. The van der Waals surface area contributed by atoms with Gasteiger partial charge in [0.25, 0.3) is 0 Å². The second-order valence-electron chi connectivity index (χ2n) is 10.1. The van der Waals surface area contributed by atoms with Crippen molar-refractivity contribution in [3.8, 4) is 22.3 Å². The minimum Gasteiger partial charge on any atom is -0.412 e. The summed E-state index contributed by atoms with van der Waals surface area (Å²) in [6.07, 6.45) is 0. The Kier molecular flexibility index (Phi) is 7.28. The van der Waals surface area contributed by atoms with Crippen LogP contribution in [0.25, 0.3) is 65.3 Å². The summed E-state index contributed by atoms with van der Waals surface area (Å²) < 4.78 is 0. The molecule has 0 aliphatic rings. The molecule has 0 aromatic heterocycles. The number of rotatable bonds is 2. The van der Waals surface area contributed by atoms with Crippen molar-refractivity contribution in [1.29, 1.82) is 0 Å². The minimum absolute atomic E-state index is 0. The standard InChI is InChI=1S/2C20H14.H2O/c2*1-3-11-17-15(7-1)9-5-13-19(17)20-14-6-10-16-8-2-4-12-18(16)20;/h2*1-14H;1H2. The van der Waals surface area contributed by atoms with Gasteiger partial charge in [0.1, 0.15) is 0 Å². The summed E-state index contributed by atoms with van der Waals surface area (Å²) in [5.74, 6) is 0. The second kappa shape index (κ2) is 11.5. The van der Waals surface area contributed by atoms with Crippen molar-refractivity contribution in [1.82, 2.24) is 0 Å². The van der Waals surface area contributed by atoms with Gasteiger partial charge >= 0.3 is 0 Å². The first-order valence-corrected chi connectivity index (χ1v) is 13.8. The third kappa shape index (κ3) is 4.96. The third-order valence-electron chi connectivity index (χ3n) is 7.74. The zero-order valence-corrected chi connectivity index (χ0v) is 22.7. The van der Waals surface area contributed by atoms with E-state index in [4.69, 9.17) is 0 Å². The van der Waals surface area contributed by atoms with Gasteiger partial charge in [-0.15, -0.1) is 0 Å². The monoisotopic (exact) mass is 526 g/mol. The maximum Gasteiger partial charge on any atom is -0.00992 e. The van der Waals surface area contributed by atoms with Crippen LogP contribution in [0.3, 0.4) is 0 Å². The van der Waals surface area contributed by atoms with Gasteiger partial charge in [0.05, 0.1) is 0 Å². The van der Waals surface area contributed by atoms with Gasteiger partial charge in [0, 0.05) is 0 Å². The van der Waals surface area contributed by atoms with E-state index in [0.717, 1.165) is 0 Å². The van der Waals surface area contributed by atoms with Crippen LogP contribution in [-0.4, -0.2) is 5.48 Å². The van der Waals surface area contributed by atoms with Crippen molar-refractivity contribution in [2.75, 3.05) is 0 Å². The molecule has 8 rings (SSSR count). The lowest BCUT2D eigenvalue weighted by molar-refractivity contribution is 0.824. The molecular formula is C40H30O. The summed E-state index contributed by atoms with van der Waals surface area (Å²) in [6, 6.07) is 60.4. The van der Waals surface area contributed by atoms with Crippen molar-refractivity contribution in [2.24, 2.45) is 0 Å². The number of benzene rings is 8. The lowest BCUT2D eigenvalue weighted by atomic mass is 9.94. The Labute approximate surface area is 240 Å². The van der Waals surface area contributed by atoms with Crippen LogP contribution in [0.5, 0.6) is 0 Å². The molecule has 0 amide bonds. The average Bonchev–Trinajstić information content (AvgIpc) is 3.04. The zero-order valence-electron chi connectivity index (χ0n) is 22.7. The van der Waals surface area contributed by atoms with Crippen LogP contribution in [0.1, 0.15) is 0 Å². The van der Waals surface area contributed by atoms with Crippen LogP contribution >= 0.6 is 0 Å². The molecular weight excluding hydrogens is 496 g/mol. The van der Waals surface area contributed by atoms with Gasteiger partial charge in [-0.05, 0) is 65.3 Å². The van der Waals surface area contributed by atoms with Gasteiger partial charge in [0.15, 0.2) is 0 Å². The first-order chi connectivity index (χ1) is 19.9. The van der Waals surface area contributed by atoms with Crippen molar-refractivity contribution in [3.63, 3.8) is 0 Å². The van der Waals surface area contributed by atoms with Crippen molar-refractivity contribution < 1.29 is 5.48 Å². The third-order valence-corrected chi connectivity index (χ3v) is 7.74. The molecule has 41 heavy (non-hydrogen) atoms. The molecule has 0 spiro atoms. The predicted molar refractivity (Wildman–Crippen MR) is 177 cm³/mol. The Morgan fingerprint density at radius 3 is 0.634 bits per heavy atom. The molecule has 0 aliphatic carbocycles. The van der Waals surface area contributed by atoms with Gasteiger partial charge in [-0.1, -0.05) is 170 Å². The quantitative estimate of drug-likeness (QED) is 0.215. The molecule has 0 unspecified atom stereocenters. The predicted octanol–water partition coefficient (Wildman–Crippen LogP) is 10.5. The molecule has 0 fully saturated rings. The Morgan fingerprint density at radius 1 is 0.195 bits per heavy atom. The van der Waals surface area contributed by atoms with E-state index in [0.29, 0.717) is 0 Å². The summed E-state index contributed by atoms with van der Waals surface area (Å²) >= 11 is 0. The zero-order chi connectivity index (χ0) is 26.7. The van der Waals surface area contributed by atoms with Crippen LogP contribution < -0.4 is 0 Å². The molecule has 0 aliphatic heterocycles. The van der Waals surface area contributed by atoms with Crippen LogP contribution in [0, 0.1) is 0 Å². The Balaban J connectivity index is 0.000000144. The molecule has 2 N–H and O–H groups in total. The molecule has 0 saturated carbocycles. The molecule has 8 aromatic rings. The Bertz CT molecular complexity index is 1790. The fraction of sp³-hybridized carbons (Fsp3) is 0. The van der Waals surface area contributed by atoms with Crippen molar-refractivity contribution in [2.45, 2.75) is 0 Å².